The smallest absolute Gasteiger partial charge is 0.0532 e. The van der Waals surface area contributed by atoms with Gasteiger partial charge in [0.05, 0.1) is 13.3 Å². The monoisotopic (exact) mass is 251 g/mol. The minimum absolute atomic E-state index is 0.677. The van der Waals surface area contributed by atoms with E-state index in [9.17, 15) is 0 Å². The predicted octanol–water partition coefficient (Wildman–Crippen LogP) is 2.75. The van der Waals surface area contributed by atoms with Crippen molar-refractivity contribution in [3.05, 3.63) is 12.3 Å². The molecule has 0 bridgehead atoms. The molecule has 2 rings (SSSR count). The minimum atomic E-state index is 0.677. The molecule has 0 aromatic heterocycles. The highest BCUT2D eigenvalue weighted by atomic mass is 15.5. The van der Waals surface area contributed by atoms with Gasteiger partial charge < -0.3 is 5.32 Å². The summed E-state index contributed by atoms with van der Waals surface area (Å²) in [7, 11) is 0. The average molecular weight is 251 g/mol. The van der Waals surface area contributed by atoms with E-state index in [0.717, 1.165) is 11.7 Å². The molecule has 3 heteroatoms. The van der Waals surface area contributed by atoms with E-state index in [4.69, 9.17) is 0 Å². The maximum absolute atomic E-state index is 3.94. The van der Waals surface area contributed by atoms with Crippen LogP contribution < -0.4 is 5.32 Å². The molecule has 0 atom stereocenters. The zero-order valence-corrected chi connectivity index (χ0v) is 12.1. The van der Waals surface area contributed by atoms with Crippen LogP contribution in [0.4, 0.5) is 0 Å². The third-order valence-electron chi connectivity index (χ3n) is 4.25. The Kier molecular flexibility index (Phi) is 5.07. The normalized spacial score (nSPS) is 29.9. The molecule has 0 aromatic carbocycles. The SMILES string of the molecule is C=C(C)NC1CCC(N2CN(CCCC)C2)CC1. The second-order valence-corrected chi connectivity index (χ2v) is 6.05. The topological polar surface area (TPSA) is 18.5 Å². The summed E-state index contributed by atoms with van der Waals surface area (Å²) in [6.07, 6.45) is 7.99. The maximum Gasteiger partial charge on any atom is 0.0532 e. The van der Waals surface area contributed by atoms with Crippen molar-refractivity contribution < 1.29 is 0 Å². The van der Waals surface area contributed by atoms with E-state index < -0.39 is 0 Å². The van der Waals surface area contributed by atoms with Gasteiger partial charge in [0, 0.05) is 24.3 Å². The first kappa shape index (κ1) is 13.9. The van der Waals surface area contributed by atoms with Crippen LogP contribution in [0.5, 0.6) is 0 Å². The second kappa shape index (κ2) is 6.58. The molecule has 104 valence electrons. The summed E-state index contributed by atoms with van der Waals surface area (Å²) in [6.45, 7) is 12.0. The lowest BCUT2D eigenvalue weighted by molar-refractivity contribution is -0.0701. The molecule has 2 fully saturated rings. The summed E-state index contributed by atoms with van der Waals surface area (Å²) in [6, 6.07) is 1.52. The van der Waals surface area contributed by atoms with E-state index >= 15 is 0 Å². The van der Waals surface area contributed by atoms with E-state index in [2.05, 4.69) is 35.5 Å². The standard InChI is InChI=1S/C15H29N3/c1-4-5-10-17-11-18(12-17)15-8-6-14(7-9-15)16-13(2)3/h14-16H,2,4-12H2,1,3H3. The molecule has 0 amide bonds. The Morgan fingerprint density at radius 1 is 1.22 bits per heavy atom. The van der Waals surface area contributed by atoms with Gasteiger partial charge in [-0.05, 0) is 39.0 Å². The molecule has 2 aliphatic rings. The number of unbranched alkanes of at least 4 members (excludes halogenated alkanes) is 1. The van der Waals surface area contributed by atoms with Crippen molar-refractivity contribution in [2.24, 2.45) is 0 Å². The van der Waals surface area contributed by atoms with Gasteiger partial charge in [0.1, 0.15) is 0 Å². The quantitative estimate of drug-likeness (QED) is 0.783. The Morgan fingerprint density at radius 3 is 2.44 bits per heavy atom. The van der Waals surface area contributed by atoms with Crippen LogP contribution in [0.2, 0.25) is 0 Å². The van der Waals surface area contributed by atoms with Crippen molar-refractivity contribution in [1.29, 1.82) is 0 Å². The van der Waals surface area contributed by atoms with Crippen LogP contribution in [0.25, 0.3) is 0 Å². The molecule has 18 heavy (non-hydrogen) atoms. The van der Waals surface area contributed by atoms with Crippen LogP contribution in [-0.2, 0) is 0 Å². The Morgan fingerprint density at radius 2 is 1.89 bits per heavy atom. The molecule has 1 heterocycles. The van der Waals surface area contributed by atoms with E-state index in [1.54, 1.807) is 0 Å². The van der Waals surface area contributed by atoms with Crippen molar-refractivity contribution in [3.63, 3.8) is 0 Å². The summed E-state index contributed by atoms with van der Waals surface area (Å²) in [5.41, 5.74) is 1.12. The Hall–Kier alpha value is -0.540. The van der Waals surface area contributed by atoms with Gasteiger partial charge in [0.15, 0.2) is 0 Å². The highest BCUT2D eigenvalue weighted by Gasteiger charge is 2.32. The lowest BCUT2D eigenvalue weighted by atomic mass is 9.90. The second-order valence-electron chi connectivity index (χ2n) is 6.05. The largest absolute Gasteiger partial charge is 0.386 e. The predicted molar refractivity (Wildman–Crippen MR) is 77.2 cm³/mol. The summed E-state index contributed by atoms with van der Waals surface area (Å²) in [4.78, 5) is 5.23. The zero-order valence-electron chi connectivity index (χ0n) is 12.1. The zero-order chi connectivity index (χ0) is 13.0. The first-order valence-electron chi connectivity index (χ1n) is 7.57. The summed E-state index contributed by atoms with van der Waals surface area (Å²) in [5, 5.41) is 3.49. The molecule has 0 radical (unpaired) electrons. The van der Waals surface area contributed by atoms with Gasteiger partial charge in [0.2, 0.25) is 0 Å². The number of rotatable bonds is 6. The van der Waals surface area contributed by atoms with Gasteiger partial charge in [0.25, 0.3) is 0 Å². The molecular formula is C15H29N3. The van der Waals surface area contributed by atoms with Gasteiger partial charge in [-0.1, -0.05) is 19.9 Å². The van der Waals surface area contributed by atoms with E-state index in [-0.39, 0.29) is 0 Å². The fraction of sp³-hybridized carbons (Fsp3) is 0.867. The van der Waals surface area contributed by atoms with Gasteiger partial charge in [-0.25, -0.2) is 0 Å². The first-order chi connectivity index (χ1) is 8.69. The molecule has 1 aliphatic heterocycles. The molecule has 0 aromatic rings. The van der Waals surface area contributed by atoms with Crippen LogP contribution in [0.15, 0.2) is 12.3 Å². The molecule has 1 N–H and O–H groups in total. The lowest BCUT2D eigenvalue weighted by Gasteiger charge is -2.48. The van der Waals surface area contributed by atoms with Crippen LogP contribution in [0.3, 0.4) is 0 Å². The van der Waals surface area contributed by atoms with Crippen molar-refractivity contribution in [1.82, 2.24) is 15.1 Å². The summed E-state index contributed by atoms with van der Waals surface area (Å²) >= 11 is 0. The molecule has 0 spiro atoms. The summed E-state index contributed by atoms with van der Waals surface area (Å²) < 4.78 is 0. The molecule has 1 saturated carbocycles. The van der Waals surface area contributed by atoms with Crippen molar-refractivity contribution >= 4 is 0 Å². The van der Waals surface area contributed by atoms with Gasteiger partial charge >= 0.3 is 0 Å². The Bertz CT molecular complexity index is 263. The maximum atomic E-state index is 3.94. The molecule has 0 unspecified atom stereocenters. The average Bonchev–Trinajstić information content (AvgIpc) is 2.28. The van der Waals surface area contributed by atoms with Crippen LogP contribution in [0.1, 0.15) is 52.4 Å². The minimum Gasteiger partial charge on any atom is -0.386 e. The lowest BCUT2D eigenvalue weighted by Crippen LogP contribution is -2.60. The molecule has 1 saturated heterocycles. The molecular weight excluding hydrogens is 222 g/mol. The van der Waals surface area contributed by atoms with Crippen molar-refractivity contribution in [2.75, 3.05) is 19.9 Å². The van der Waals surface area contributed by atoms with Crippen molar-refractivity contribution in [3.8, 4) is 0 Å². The fourth-order valence-electron chi connectivity index (χ4n) is 3.16. The van der Waals surface area contributed by atoms with Gasteiger partial charge in [-0.15, -0.1) is 0 Å². The van der Waals surface area contributed by atoms with Crippen LogP contribution in [-0.4, -0.2) is 41.8 Å². The molecule has 3 nitrogen and oxygen atoms in total. The number of allylic oxidation sites excluding steroid dienone is 1. The third-order valence-corrected chi connectivity index (χ3v) is 4.25. The highest BCUT2D eigenvalue weighted by molar-refractivity contribution is 4.92. The molecule has 1 aliphatic carbocycles. The van der Waals surface area contributed by atoms with Crippen LogP contribution >= 0.6 is 0 Å². The van der Waals surface area contributed by atoms with Gasteiger partial charge in [-0.3, -0.25) is 9.80 Å². The summed E-state index contributed by atoms with van der Waals surface area (Å²) in [5.74, 6) is 0. The first-order valence-corrected chi connectivity index (χ1v) is 7.57. The number of nitrogens with one attached hydrogen (secondary N) is 1. The highest BCUT2D eigenvalue weighted by Crippen LogP contribution is 2.27. The Labute approximate surface area is 112 Å². The number of nitrogens with zero attached hydrogens (tertiary/aromatic N) is 2. The number of hydrogen-bond acceptors (Lipinski definition) is 3. The van der Waals surface area contributed by atoms with E-state index in [1.165, 1.54) is 58.4 Å². The third kappa shape index (κ3) is 3.72. The number of hydrogen-bond donors (Lipinski definition) is 1. The Balaban J connectivity index is 1.61. The van der Waals surface area contributed by atoms with Crippen molar-refractivity contribution in [2.45, 2.75) is 64.5 Å². The fourth-order valence-corrected chi connectivity index (χ4v) is 3.16. The van der Waals surface area contributed by atoms with E-state index in [0.29, 0.717) is 6.04 Å². The van der Waals surface area contributed by atoms with Crippen LogP contribution in [0, 0.1) is 0 Å². The van der Waals surface area contributed by atoms with Gasteiger partial charge in [-0.2, -0.15) is 0 Å². The van der Waals surface area contributed by atoms with E-state index in [1.807, 2.05) is 0 Å².